The molecule has 0 fully saturated rings. The van der Waals surface area contributed by atoms with Gasteiger partial charge in [0.1, 0.15) is 10.2 Å². The van der Waals surface area contributed by atoms with E-state index in [2.05, 4.69) is 15.9 Å². The molecule has 0 saturated heterocycles. The number of hydrogen-bond donors (Lipinski definition) is 1. The molecule has 0 unspecified atom stereocenters. The normalized spacial score (nSPS) is 10.3. The lowest BCUT2D eigenvalue weighted by Gasteiger charge is -2.15. The summed E-state index contributed by atoms with van der Waals surface area (Å²) in [5.41, 5.74) is 0.594. The van der Waals surface area contributed by atoms with Crippen LogP contribution in [-0.2, 0) is 6.61 Å². The maximum Gasteiger partial charge on any atom is 0.156 e. The van der Waals surface area contributed by atoms with Crippen LogP contribution in [0.4, 0.5) is 0 Å². The highest BCUT2D eigenvalue weighted by Gasteiger charge is 2.16. The fourth-order valence-electron chi connectivity index (χ4n) is 1.29. The van der Waals surface area contributed by atoms with E-state index >= 15 is 0 Å². The first-order valence-electron chi connectivity index (χ1n) is 5.02. The van der Waals surface area contributed by atoms with Gasteiger partial charge in [-0.25, -0.2) is 0 Å². The summed E-state index contributed by atoms with van der Waals surface area (Å²) in [6.07, 6.45) is 0. The van der Waals surface area contributed by atoms with E-state index in [0.717, 1.165) is 0 Å². The Hall–Kier alpha value is -0.450. The first-order chi connectivity index (χ1) is 7.65. The van der Waals surface area contributed by atoms with Crippen LogP contribution in [-0.4, -0.2) is 18.3 Å². The SMILES string of the molecule is CCOc1cc(CO)c(Cl)c(OCC)c1Br. The zero-order chi connectivity index (χ0) is 12.1. The lowest BCUT2D eigenvalue weighted by atomic mass is 10.2. The van der Waals surface area contributed by atoms with E-state index in [-0.39, 0.29) is 6.61 Å². The van der Waals surface area contributed by atoms with Crippen LogP contribution >= 0.6 is 27.5 Å². The van der Waals surface area contributed by atoms with Crippen molar-refractivity contribution in [3.8, 4) is 11.5 Å². The molecule has 0 aliphatic rings. The first kappa shape index (κ1) is 13.6. The minimum Gasteiger partial charge on any atom is -0.493 e. The molecule has 0 atom stereocenters. The van der Waals surface area contributed by atoms with Crippen LogP contribution in [0.3, 0.4) is 0 Å². The van der Waals surface area contributed by atoms with E-state index in [0.29, 0.717) is 39.8 Å². The quantitative estimate of drug-likeness (QED) is 0.906. The van der Waals surface area contributed by atoms with Gasteiger partial charge in [0, 0.05) is 5.56 Å². The van der Waals surface area contributed by atoms with Crippen molar-refractivity contribution in [1.82, 2.24) is 0 Å². The van der Waals surface area contributed by atoms with Crippen molar-refractivity contribution in [2.24, 2.45) is 0 Å². The maximum atomic E-state index is 9.18. The van der Waals surface area contributed by atoms with E-state index in [4.69, 9.17) is 21.1 Å². The van der Waals surface area contributed by atoms with E-state index < -0.39 is 0 Å². The largest absolute Gasteiger partial charge is 0.493 e. The van der Waals surface area contributed by atoms with Crippen LogP contribution in [0.2, 0.25) is 5.02 Å². The molecule has 3 nitrogen and oxygen atoms in total. The van der Waals surface area contributed by atoms with Crippen molar-refractivity contribution in [3.63, 3.8) is 0 Å². The van der Waals surface area contributed by atoms with Gasteiger partial charge in [-0.05, 0) is 35.8 Å². The Kier molecular flexibility index (Phi) is 5.38. The van der Waals surface area contributed by atoms with Crippen molar-refractivity contribution in [1.29, 1.82) is 0 Å². The van der Waals surface area contributed by atoms with Crippen molar-refractivity contribution in [2.75, 3.05) is 13.2 Å². The number of hydrogen-bond acceptors (Lipinski definition) is 3. The van der Waals surface area contributed by atoms with Gasteiger partial charge in [0.2, 0.25) is 0 Å². The summed E-state index contributed by atoms with van der Waals surface area (Å²) in [5, 5.41) is 9.60. The van der Waals surface area contributed by atoms with Crippen molar-refractivity contribution in [2.45, 2.75) is 20.5 Å². The molecule has 0 amide bonds. The molecule has 5 heteroatoms. The highest BCUT2D eigenvalue weighted by Crippen LogP contribution is 2.42. The lowest BCUT2D eigenvalue weighted by molar-refractivity contribution is 0.277. The van der Waals surface area contributed by atoms with Gasteiger partial charge in [0.25, 0.3) is 0 Å². The number of aliphatic hydroxyl groups is 1. The number of halogens is 2. The summed E-state index contributed by atoms with van der Waals surface area (Å²) >= 11 is 9.48. The average Bonchev–Trinajstić information content (AvgIpc) is 2.28. The molecule has 1 aromatic rings. The monoisotopic (exact) mass is 308 g/mol. The molecule has 90 valence electrons. The zero-order valence-electron chi connectivity index (χ0n) is 9.22. The standard InChI is InChI=1S/C11H14BrClO3/c1-3-15-8-5-7(6-14)10(13)11(9(8)12)16-4-2/h5,14H,3-4,6H2,1-2H3. The van der Waals surface area contributed by atoms with Crippen molar-refractivity contribution >= 4 is 27.5 Å². The molecule has 16 heavy (non-hydrogen) atoms. The fourth-order valence-corrected chi connectivity index (χ4v) is 2.20. The second-order valence-electron chi connectivity index (χ2n) is 3.02. The van der Waals surface area contributed by atoms with E-state index in [1.54, 1.807) is 6.07 Å². The molecule has 0 heterocycles. The highest BCUT2D eigenvalue weighted by molar-refractivity contribution is 9.10. The average molecular weight is 310 g/mol. The minimum absolute atomic E-state index is 0.147. The molecular formula is C11H14BrClO3. The number of aliphatic hydroxyl groups excluding tert-OH is 1. The third-order valence-electron chi connectivity index (χ3n) is 1.96. The van der Waals surface area contributed by atoms with Gasteiger partial charge < -0.3 is 14.6 Å². The van der Waals surface area contributed by atoms with Crippen LogP contribution in [0.1, 0.15) is 19.4 Å². The van der Waals surface area contributed by atoms with Crippen LogP contribution in [0, 0.1) is 0 Å². The summed E-state index contributed by atoms with van der Waals surface area (Å²) in [6.45, 7) is 4.65. The van der Waals surface area contributed by atoms with Gasteiger partial charge in [0.15, 0.2) is 5.75 Å². The highest BCUT2D eigenvalue weighted by atomic mass is 79.9. The molecule has 1 aromatic carbocycles. The van der Waals surface area contributed by atoms with Gasteiger partial charge in [0.05, 0.1) is 24.8 Å². The molecule has 0 aromatic heterocycles. The molecule has 0 aliphatic carbocycles. The Morgan fingerprint density at radius 1 is 1.31 bits per heavy atom. The van der Waals surface area contributed by atoms with Crippen molar-refractivity contribution < 1.29 is 14.6 Å². The zero-order valence-corrected chi connectivity index (χ0v) is 11.6. The Morgan fingerprint density at radius 3 is 2.44 bits per heavy atom. The van der Waals surface area contributed by atoms with Crippen LogP contribution in [0.25, 0.3) is 0 Å². The number of ether oxygens (including phenoxy) is 2. The van der Waals surface area contributed by atoms with Crippen LogP contribution < -0.4 is 9.47 Å². The van der Waals surface area contributed by atoms with Gasteiger partial charge in [-0.1, -0.05) is 11.6 Å². The Balaban J connectivity index is 3.26. The molecule has 1 N–H and O–H groups in total. The van der Waals surface area contributed by atoms with Gasteiger partial charge in [-0.3, -0.25) is 0 Å². The fraction of sp³-hybridized carbons (Fsp3) is 0.455. The summed E-state index contributed by atoms with van der Waals surface area (Å²) < 4.78 is 11.5. The first-order valence-corrected chi connectivity index (χ1v) is 6.20. The van der Waals surface area contributed by atoms with Gasteiger partial charge in [-0.15, -0.1) is 0 Å². The summed E-state index contributed by atoms with van der Waals surface area (Å²) in [4.78, 5) is 0. The molecular weight excluding hydrogens is 295 g/mol. The van der Waals surface area contributed by atoms with Crippen molar-refractivity contribution in [3.05, 3.63) is 21.1 Å². The molecule has 0 aliphatic heterocycles. The lowest BCUT2D eigenvalue weighted by Crippen LogP contribution is -2.00. The summed E-state index contributed by atoms with van der Waals surface area (Å²) in [7, 11) is 0. The Labute approximate surface area is 108 Å². The molecule has 0 saturated carbocycles. The minimum atomic E-state index is -0.147. The van der Waals surface area contributed by atoms with E-state index in [1.807, 2.05) is 13.8 Å². The second-order valence-corrected chi connectivity index (χ2v) is 4.19. The van der Waals surface area contributed by atoms with Gasteiger partial charge >= 0.3 is 0 Å². The van der Waals surface area contributed by atoms with Crippen LogP contribution in [0.15, 0.2) is 10.5 Å². The summed E-state index contributed by atoms with van der Waals surface area (Å²) in [5.74, 6) is 1.14. The predicted octanol–water partition coefficient (Wildman–Crippen LogP) is 3.39. The van der Waals surface area contributed by atoms with Crippen LogP contribution in [0.5, 0.6) is 11.5 Å². The Morgan fingerprint density at radius 2 is 1.94 bits per heavy atom. The molecule has 0 spiro atoms. The van der Waals surface area contributed by atoms with Gasteiger partial charge in [-0.2, -0.15) is 0 Å². The molecule has 1 rings (SSSR count). The van der Waals surface area contributed by atoms with E-state index in [9.17, 15) is 5.11 Å². The maximum absolute atomic E-state index is 9.18. The second kappa shape index (κ2) is 6.33. The number of benzene rings is 1. The summed E-state index contributed by atoms with van der Waals surface area (Å²) in [6, 6.07) is 1.71. The number of rotatable bonds is 5. The smallest absolute Gasteiger partial charge is 0.156 e. The predicted molar refractivity (Wildman–Crippen MR) is 67.4 cm³/mol. The third-order valence-corrected chi connectivity index (χ3v) is 3.13. The molecule has 0 radical (unpaired) electrons. The third kappa shape index (κ3) is 2.81. The topological polar surface area (TPSA) is 38.7 Å². The Bertz CT molecular complexity index is 369. The van der Waals surface area contributed by atoms with E-state index in [1.165, 1.54) is 0 Å². The molecule has 0 bridgehead atoms.